The van der Waals surface area contributed by atoms with Gasteiger partial charge < -0.3 is 0 Å². The Morgan fingerprint density at radius 1 is 0.696 bits per heavy atom. The van der Waals surface area contributed by atoms with E-state index in [-0.39, 0.29) is 11.6 Å². The Morgan fingerprint density at radius 2 is 1.26 bits per heavy atom. The lowest BCUT2D eigenvalue weighted by molar-refractivity contribution is 0.626. The summed E-state index contributed by atoms with van der Waals surface area (Å²) in [6.45, 7) is 2.02. The first-order valence-electron chi connectivity index (χ1n) is 6.97. The van der Waals surface area contributed by atoms with Crippen molar-refractivity contribution in [2.45, 2.75) is 6.92 Å². The van der Waals surface area contributed by atoms with Gasteiger partial charge in [-0.1, -0.05) is 30.3 Å². The molecule has 0 aliphatic heterocycles. The summed E-state index contributed by atoms with van der Waals surface area (Å²) in [7, 11) is 0. The van der Waals surface area contributed by atoms with Crippen molar-refractivity contribution in [3.8, 4) is 22.3 Å². The normalized spacial score (nSPS) is 10.8. The third kappa shape index (κ3) is 3.57. The Bertz CT molecular complexity index is 889. The Kier molecular flexibility index (Phi) is 5.01. The van der Waals surface area contributed by atoms with Crippen LogP contribution in [-0.4, -0.2) is 0 Å². The maximum atomic E-state index is 14.5. The first-order chi connectivity index (χ1) is 11.0. The highest BCUT2D eigenvalue weighted by atomic mass is 127. The summed E-state index contributed by atoms with van der Waals surface area (Å²) in [6.07, 6.45) is 0. The van der Waals surface area contributed by atoms with Gasteiger partial charge in [0.25, 0.3) is 0 Å². The van der Waals surface area contributed by atoms with Crippen molar-refractivity contribution in [2.75, 3.05) is 0 Å². The monoisotopic (exact) mass is 532 g/mol. The first-order valence-corrected chi connectivity index (χ1v) is 9.13. The van der Waals surface area contributed by atoms with Crippen LogP contribution in [0.5, 0.6) is 0 Å². The van der Waals surface area contributed by atoms with E-state index in [2.05, 4.69) is 45.2 Å². The molecule has 0 N–H and O–H groups in total. The molecule has 23 heavy (non-hydrogen) atoms. The van der Waals surface area contributed by atoms with Gasteiger partial charge in [0.2, 0.25) is 0 Å². The van der Waals surface area contributed by atoms with Crippen LogP contribution in [0.25, 0.3) is 22.3 Å². The van der Waals surface area contributed by atoms with E-state index in [1.165, 1.54) is 12.1 Å². The fraction of sp³-hybridized carbons (Fsp3) is 0.0526. The summed E-state index contributed by atoms with van der Waals surface area (Å²) in [4.78, 5) is 0. The molecule has 0 aliphatic carbocycles. The van der Waals surface area contributed by atoms with Crippen LogP contribution in [0.3, 0.4) is 0 Å². The number of halogens is 4. The zero-order chi connectivity index (χ0) is 16.6. The fourth-order valence-corrected chi connectivity index (χ4v) is 3.37. The molecule has 3 aromatic carbocycles. The van der Waals surface area contributed by atoms with Crippen LogP contribution in [0.2, 0.25) is 0 Å². The molecular formula is C19H12F2I2. The number of hydrogen-bond donors (Lipinski definition) is 0. The minimum atomic E-state index is -0.347. The predicted octanol–water partition coefficient (Wildman–Crippen LogP) is 6.82. The molecule has 0 saturated carbocycles. The Hall–Kier alpha value is -1.02. The zero-order valence-corrected chi connectivity index (χ0v) is 16.5. The van der Waals surface area contributed by atoms with Crippen LogP contribution < -0.4 is 0 Å². The van der Waals surface area contributed by atoms with Crippen molar-refractivity contribution in [1.82, 2.24) is 0 Å². The van der Waals surface area contributed by atoms with E-state index >= 15 is 0 Å². The number of hydrogen-bond acceptors (Lipinski definition) is 0. The van der Waals surface area contributed by atoms with Crippen molar-refractivity contribution < 1.29 is 8.78 Å². The van der Waals surface area contributed by atoms with E-state index in [0.29, 0.717) is 16.7 Å². The minimum Gasteiger partial charge on any atom is -0.206 e. The molecule has 0 nitrogen and oxygen atoms in total. The van der Waals surface area contributed by atoms with Crippen LogP contribution in [0.4, 0.5) is 8.78 Å². The van der Waals surface area contributed by atoms with Crippen LogP contribution >= 0.6 is 45.2 Å². The van der Waals surface area contributed by atoms with Gasteiger partial charge in [-0.15, -0.1) is 0 Å². The number of rotatable bonds is 2. The van der Waals surface area contributed by atoms with Crippen molar-refractivity contribution in [1.29, 1.82) is 0 Å². The average molecular weight is 532 g/mol. The van der Waals surface area contributed by atoms with Crippen molar-refractivity contribution in [3.63, 3.8) is 0 Å². The smallest absolute Gasteiger partial charge is 0.132 e. The topological polar surface area (TPSA) is 0 Å². The lowest BCUT2D eigenvalue weighted by atomic mass is 9.99. The second-order valence-corrected chi connectivity index (χ2v) is 7.69. The summed E-state index contributed by atoms with van der Waals surface area (Å²) in [5.41, 5.74) is 3.47. The van der Waals surface area contributed by atoms with Gasteiger partial charge in [0, 0.05) is 18.3 Å². The zero-order valence-electron chi connectivity index (χ0n) is 12.2. The van der Waals surface area contributed by atoms with Crippen LogP contribution in [0.15, 0.2) is 54.6 Å². The minimum absolute atomic E-state index is 0.339. The second-order valence-electron chi connectivity index (χ2n) is 5.28. The molecule has 0 atom stereocenters. The molecule has 3 rings (SSSR count). The highest BCUT2D eigenvalue weighted by Gasteiger charge is 2.11. The van der Waals surface area contributed by atoms with Crippen molar-refractivity contribution >= 4 is 45.2 Å². The van der Waals surface area contributed by atoms with Gasteiger partial charge in [-0.25, -0.2) is 8.78 Å². The third-order valence-electron chi connectivity index (χ3n) is 3.69. The molecule has 0 saturated heterocycles. The molecule has 0 fully saturated rings. The van der Waals surface area contributed by atoms with Crippen molar-refractivity contribution in [3.05, 3.63) is 78.9 Å². The van der Waals surface area contributed by atoms with E-state index in [4.69, 9.17) is 0 Å². The fourth-order valence-electron chi connectivity index (χ4n) is 2.40. The lowest BCUT2D eigenvalue weighted by Gasteiger charge is -2.09. The van der Waals surface area contributed by atoms with Crippen LogP contribution in [0, 0.1) is 25.7 Å². The van der Waals surface area contributed by atoms with Crippen LogP contribution in [-0.2, 0) is 0 Å². The maximum absolute atomic E-state index is 14.5. The molecule has 0 heterocycles. The van der Waals surface area contributed by atoms with E-state index in [1.54, 1.807) is 18.2 Å². The highest BCUT2D eigenvalue weighted by Crippen LogP contribution is 2.31. The summed E-state index contributed by atoms with van der Waals surface area (Å²) in [5.74, 6) is -0.686. The quantitative estimate of drug-likeness (QED) is 0.318. The Labute approximate surface area is 161 Å². The molecule has 0 bridgehead atoms. The molecule has 0 unspecified atom stereocenters. The molecule has 0 aromatic heterocycles. The molecular weight excluding hydrogens is 520 g/mol. The van der Waals surface area contributed by atoms with E-state index in [1.807, 2.05) is 31.2 Å². The molecule has 0 amide bonds. The third-order valence-corrected chi connectivity index (χ3v) is 5.53. The highest BCUT2D eigenvalue weighted by molar-refractivity contribution is 14.1. The summed E-state index contributed by atoms with van der Waals surface area (Å²) >= 11 is 4.29. The van der Waals surface area contributed by atoms with Gasteiger partial charge in [-0.05, 0) is 93.1 Å². The lowest BCUT2D eigenvalue weighted by Crippen LogP contribution is -1.90. The van der Waals surface area contributed by atoms with Gasteiger partial charge >= 0.3 is 0 Å². The Morgan fingerprint density at radius 3 is 1.87 bits per heavy atom. The SMILES string of the molecule is Cc1ccc(-c2ccc(-c3ccc(I)cc3F)cc2F)cc1I. The van der Waals surface area contributed by atoms with E-state index in [9.17, 15) is 8.78 Å². The molecule has 3 aromatic rings. The van der Waals surface area contributed by atoms with Crippen LogP contribution in [0.1, 0.15) is 5.56 Å². The number of aryl methyl sites for hydroxylation is 1. The summed E-state index contributed by atoms with van der Waals surface area (Å²) < 4.78 is 30.5. The first kappa shape index (κ1) is 16.8. The predicted molar refractivity (Wildman–Crippen MR) is 107 cm³/mol. The standard InChI is InChI=1S/C19H12F2I2/c1-11-2-3-13(9-19(11)23)15-6-4-12(8-17(15)20)16-7-5-14(22)10-18(16)21/h2-10H,1H3. The van der Waals surface area contributed by atoms with Gasteiger partial charge in [0.1, 0.15) is 11.6 Å². The van der Waals surface area contributed by atoms with E-state index in [0.717, 1.165) is 18.3 Å². The van der Waals surface area contributed by atoms with Gasteiger partial charge in [-0.2, -0.15) is 0 Å². The van der Waals surface area contributed by atoms with Crippen molar-refractivity contribution in [2.24, 2.45) is 0 Å². The van der Waals surface area contributed by atoms with Gasteiger partial charge in [0.05, 0.1) is 0 Å². The number of benzene rings is 3. The largest absolute Gasteiger partial charge is 0.206 e. The molecule has 116 valence electrons. The maximum Gasteiger partial charge on any atom is 0.132 e. The van der Waals surface area contributed by atoms with Gasteiger partial charge in [-0.3, -0.25) is 0 Å². The molecule has 0 radical (unpaired) electrons. The Balaban J connectivity index is 2.05. The average Bonchev–Trinajstić information content (AvgIpc) is 2.50. The molecule has 0 aliphatic rings. The second kappa shape index (κ2) is 6.84. The summed E-state index contributed by atoms with van der Waals surface area (Å²) in [6, 6.07) is 15.6. The van der Waals surface area contributed by atoms with Gasteiger partial charge in [0.15, 0.2) is 0 Å². The molecule has 0 spiro atoms. The van der Waals surface area contributed by atoms with E-state index < -0.39 is 0 Å². The summed E-state index contributed by atoms with van der Waals surface area (Å²) in [5, 5.41) is 0. The molecule has 4 heteroatoms.